The second kappa shape index (κ2) is 9.84. The SMILES string of the molecule is COc1ccc(Nc2nc(C)c(/C(C)=N\NC(=S)NC3CCCCC3)s2)cc1. The number of methoxy groups -OCH3 is 1. The molecular weight excluding hydrogens is 390 g/mol. The molecule has 6 nitrogen and oxygen atoms in total. The first-order valence-electron chi connectivity index (χ1n) is 9.55. The molecule has 0 saturated heterocycles. The Morgan fingerprint density at radius 2 is 1.93 bits per heavy atom. The van der Waals surface area contributed by atoms with Crippen LogP contribution in [0.1, 0.15) is 49.6 Å². The van der Waals surface area contributed by atoms with Crippen molar-refractivity contribution in [1.82, 2.24) is 15.7 Å². The Kier molecular flexibility index (Phi) is 7.22. The predicted molar refractivity (Wildman–Crippen MR) is 121 cm³/mol. The first-order valence-corrected chi connectivity index (χ1v) is 10.8. The molecule has 0 spiro atoms. The van der Waals surface area contributed by atoms with Crippen molar-refractivity contribution in [2.45, 2.75) is 52.0 Å². The van der Waals surface area contributed by atoms with Crippen LogP contribution in [-0.2, 0) is 0 Å². The van der Waals surface area contributed by atoms with Crippen LogP contribution >= 0.6 is 23.6 Å². The van der Waals surface area contributed by atoms with Crippen LogP contribution in [0.4, 0.5) is 10.8 Å². The lowest BCUT2D eigenvalue weighted by atomic mass is 9.96. The number of hydrogen-bond donors (Lipinski definition) is 3. The summed E-state index contributed by atoms with van der Waals surface area (Å²) < 4.78 is 5.19. The molecule has 150 valence electrons. The summed E-state index contributed by atoms with van der Waals surface area (Å²) in [5.41, 5.74) is 5.75. The quantitative estimate of drug-likeness (QED) is 0.359. The number of hydrogen-bond acceptors (Lipinski definition) is 6. The summed E-state index contributed by atoms with van der Waals surface area (Å²) in [7, 11) is 1.66. The smallest absolute Gasteiger partial charge is 0.188 e. The number of aryl methyl sites for hydroxylation is 1. The van der Waals surface area contributed by atoms with E-state index in [2.05, 4.69) is 26.1 Å². The number of nitrogens with zero attached hydrogens (tertiary/aromatic N) is 2. The molecule has 0 radical (unpaired) electrons. The third-order valence-electron chi connectivity index (χ3n) is 4.73. The van der Waals surface area contributed by atoms with Crippen molar-refractivity contribution in [3.05, 3.63) is 34.8 Å². The number of hydrazone groups is 1. The van der Waals surface area contributed by atoms with Gasteiger partial charge in [-0.05, 0) is 63.2 Å². The van der Waals surface area contributed by atoms with Gasteiger partial charge >= 0.3 is 0 Å². The standard InChI is InChI=1S/C20H27N5OS2/c1-13-18(14(2)24-25-19(27)22-15-7-5-4-6-8-15)28-20(21-13)23-16-9-11-17(26-3)12-10-16/h9-12,15H,4-8H2,1-3H3,(H,21,23)(H2,22,25,27)/b24-14-. The summed E-state index contributed by atoms with van der Waals surface area (Å²) in [6.45, 7) is 3.95. The number of benzene rings is 1. The highest BCUT2D eigenvalue weighted by Gasteiger charge is 2.14. The van der Waals surface area contributed by atoms with E-state index < -0.39 is 0 Å². The Balaban J connectivity index is 1.59. The van der Waals surface area contributed by atoms with Gasteiger partial charge in [-0.25, -0.2) is 4.98 Å². The van der Waals surface area contributed by atoms with Crippen LogP contribution in [-0.4, -0.2) is 29.0 Å². The molecule has 1 saturated carbocycles. The third-order valence-corrected chi connectivity index (χ3v) is 6.12. The monoisotopic (exact) mass is 417 g/mol. The maximum absolute atomic E-state index is 5.38. The Labute approximate surface area is 175 Å². The summed E-state index contributed by atoms with van der Waals surface area (Å²) in [4.78, 5) is 5.64. The molecule has 1 heterocycles. The van der Waals surface area contributed by atoms with E-state index in [0.29, 0.717) is 11.2 Å². The largest absolute Gasteiger partial charge is 0.497 e. The molecule has 0 amide bonds. The van der Waals surface area contributed by atoms with Crippen LogP contribution in [0.2, 0.25) is 0 Å². The predicted octanol–water partition coefficient (Wildman–Crippen LogP) is 4.72. The molecular formula is C20H27N5OS2. The molecule has 1 aliphatic carbocycles. The number of ether oxygens (including phenoxy) is 1. The molecule has 0 bridgehead atoms. The minimum atomic E-state index is 0.467. The van der Waals surface area contributed by atoms with Crippen LogP contribution in [0.25, 0.3) is 0 Å². The first kappa shape index (κ1) is 20.5. The minimum absolute atomic E-state index is 0.467. The maximum atomic E-state index is 5.38. The average Bonchev–Trinajstić information content (AvgIpc) is 3.07. The first-order chi connectivity index (χ1) is 13.5. The third kappa shape index (κ3) is 5.65. The Bertz CT molecular complexity index is 826. The molecule has 28 heavy (non-hydrogen) atoms. The lowest BCUT2D eigenvalue weighted by molar-refractivity contribution is 0.412. The number of thiocarbonyl (C=S) groups is 1. The van der Waals surface area contributed by atoms with Crippen LogP contribution < -0.4 is 20.8 Å². The van der Waals surface area contributed by atoms with Crippen molar-refractivity contribution in [2.24, 2.45) is 5.10 Å². The van der Waals surface area contributed by atoms with Crippen LogP contribution in [0, 0.1) is 6.92 Å². The van der Waals surface area contributed by atoms with Crippen LogP contribution in [0.5, 0.6) is 5.75 Å². The molecule has 0 atom stereocenters. The number of thiazole rings is 1. The Hall–Kier alpha value is -2.19. The van der Waals surface area contributed by atoms with Gasteiger partial charge in [-0.15, -0.1) is 0 Å². The van der Waals surface area contributed by atoms with E-state index in [-0.39, 0.29) is 0 Å². The molecule has 8 heteroatoms. The summed E-state index contributed by atoms with van der Waals surface area (Å²) in [5, 5.41) is 12.6. The van der Waals surface area contributed by atoms with Gasteiger partial charge in [0.25, 0.3) is 0 Å². The Morgan fingerprint density at radius 3 is 2.61 bits per heavy atom. The summed E-state index contributed by atoms with van der Waals surface area (Å²) in [5.74, 6) is 0.827. The average molecular weight is 418 g/mol. The highest BCUT2D eigenvalue weighted by atomic mass is 32.1. The van der Waals surface area contributed by atoms with Gasteiger partial charge < -0.3 is 15.4 Å². The second-order valence-electron chi connectivity index (χ2n) is 6.90. The van der Waals surface area contributed by atoms with Gasteiger partial charge in [-0.3, -0.25) is 5.43 Å². The fourth-order valence-corrected chi connectivity index (χ4v) is 4.38. The van der Waals surface area contributed by atoms with Crippen molar-refractivity contribution in [3.63, 3.8) is 0 Å². The summed E-state index contributed by atoms with van der Waals surface area (Å²) in [6, 6.07) is 8.23. The van der Waals surface area contributed by atoms with Crippen molar-refractivity contribution >= 4 is 45.2 Å². The lowest BCUT2D eigenvalue weighted by Gasteiger charge is -2.23. The van der Waals surface area contributed by atoms with Gasteiger partial charge in [-0.2, -0.15) is 5.10 Å². The molecule has 1 aromatic carbocycles. The maximum Gasteiger partial charge on any atom is 0.188 e. The zero-order valence-electron chi connectivity index (χ0n) is 16.5. The zero-order valence-corrected chi connectivity index (χ0v) is 18.2. The van der Waals surface area contributed by atoms with Gasteiger partial charge in [0.2, 0.25) is 0 Å². The van der Waals surface area contributed by atoms with E-state index in [9.17, 15) is 0 Å². The fourth-order valence-electron chi connectivity index (χ4n) is 3.23. The Morgan fingerprint density at radius 1 is 1.21 bits per heavy atom. The fraction of sp³-hybridized carbons (Fsp3) is 0.450. The lowest BCUT2D eigenvalue weighted by Crippen LogP contribution is -2.41. The zero-order chi connectivity index (χ0) is 19.9. The molecule has 2 aromatic rings. The molecule has 0 unspecified atom stereocenters. The molecule has 1 fully saturated rings. The minimum Gasteiger partial charge on any atom is -0.497 e. The van der Waals surface area contributed by atoms with Gasteiger partial charge in [0, 0.05) is 11.7 Å². The van der Waals surface area contributed by atoms with Gasteiger partial charge in [0.15, 0.2) is 10.2 Å². The van der Waals surface area contributed by atoms with Crippen molar-refractivity contribution < 1.29 is 4.74 Å². The van der Waals surface area contributed by atoms with Crippen molar-refractivity contribution in [3.8, 4) is 5.75 Å². The van der Waals surface area contributed by atoms with E-state index in [4.69, 9.17) is 17.0 Å². The van der Waals surface area contributed by atoms with E-state index >= 15 is 0 Å². The van der Waals surface area contributed by atoms with Crippen LogP contribution in [0.3, 0.4) is 0 Å². The summed E-state index contributed by atoms with van der Waals surface area (Å²) in [6.07, 6.45) is 6.23. The van der Waals surface area contributed by atoms with Crippen LogP contribution in [0.15, 0.2) is 29.4 Å². The molecule has 3 N–H and O–H groups in total. The highest BCUT2D eigenvalue weighted by molar-refractivity contribution is 7.80. The number of nitrogens with one attached hydrogen (secondary N) is 3. The topological polar surface area (TPSA) is 70.6 Å². The number of aromatic nitrogens is 1. The van der Waals surface area contributed by atoms with Crippen molar-refractivity contribution in [1.29, 1.82) is 0 Å². The van der Waals surface area contributed by atoms with E-state index in [1.165, 1.54) is 32.1 Å². The second-order valence-corrected chi connectivity index (χ2v) is 8.31. The van der Waals surface area contributed by atoms with Gasteiger partial charge in [0.05, 0.1) is 23.4 Å². The summed E-state index contributed by atoms with van der Waals surface area (Å²) >= 11 is 6.96. The van der Waals surface area contributed by atoms with Gasteiger partial charge in [-0.1, -0.05) is 30.6 Å². The van der Waals surface area contributed by atoms with E-state index in [1.54, 1.807) is 18.4 Å². The molecule has 0 aliphatic heterocycles. The molecule has 1 aromatic heterocycles. The highest BCUT2D eigenvalue weighted by Crippen LogP contribution is 2.27. The van der Waals surface area contributed by atoms with E-state index in [1.807, 2.05) is 38.1 Å². The molecule has 3 rings (SSSR count). The molecule has 1 aliphatic rings. The van der Waals surface area contributed by atoms with Gasteiger partial charge in [0.1, 0.15) is 5.75 Å². The number of rotatable bonds is 6. The van der Waals surface area contributed by atoms with E-state index in [0.717, 1.165) is 32.9 Å². The normalized spacial score (nSPS) is 15.2. The van der Waals surface area contributed by atoms with Crippen molar-refractivity contribution in [2.75, 3.05) is 12.4 Å². The number of anilines is 2.